The van der Waals surface area contributed by atoms with Crippen molar-refractivity contribution < 1.29 is 4.79 Å². The number of anilines is 1. The summed E-state index contributed by atoms with van der Waals surface area (Å²) < 4.78 is 0. The van der Waals surface area contributed by atoms with Gasteiger partial charge in [0.15, 0.2) is 0 Å². The minimum atomic E-state index is -0.525. The molecule has 1 amide bonds. The van der Waals surface area contributed by atoms with Crippen LogP contribution in [0.5, 0.6) is 0 Å². The zero-order valence-corrected chi connectivity index (χ0v) is 12.1. The highest BCUT2D eigenvalue weighted by Crippen LogP contribution is 2.47. The standard InChI is InChI=1S/C14H18N4OS/c15-12(20)14(4-5-14)13(19)18-9-7-17(8-10-18)11-3-1-2-6-16-11/h1-3,6H,4-5,7-10H2,(H2,15,20). The van der Waals surface area contributed by atoms with E-state index in [9.17, 15) is 4.79 Å². The zero-order valence-electron chi connectivity index (χ0n) is 11.3. The number of carbonyl (C=O) groups excluding carboxylic acids is 1. The first kappa shape index (κ1) is 13.3. The SMILES string of the molecule is NC(=S)C1(C(=O)N2CCN(c3ccccn3)CC2)CC1. The molecule has 2 heterocycles. The Morgan fingerprint density at radius 2 is 1.95 bits per heavy atom. The average molecular weight is 290 g/mol. The van der Waals surface area contributed by atoms with Crippen LogP contribution in [0.4, 0.5) is 5.82 Å². The number of nitrogens with zero attached hydrogens (tertiary/aromatic N) is 3. The third kappa shape index (κ3) is 2.24. The van der Waals surface area contributed by atoms with E-state index in [1.54, 1.807) is 6.20 Å². The molecule has 0 unspecified atom stereocenters. The van der Waals surface area contributed by atoms with Gasteiger partial charge in [-0.25, -0.2) is 4.98 Å². The van der Waals surface area contributed by atoms with E-state index in [0.29, 0.717) is 18.1 Å². The fourth-order valence-corrected chi connectivity index (χ4v) is 2.96. The van der Waals surface area contributed by atoms with Crippen LogP contribution in [0.3, 0.4) is 0 Å². The van der Waals surface area contributed by atoms with Gasteiger partial charge in [0.2, 0.25) is 5.91 Å². The van der Waals surface area contributed by atoms with Crippen LogP contribution in [0.1, 0.15) is 12.8 Å². The lowest BCUT2D eigenvalue weighted by Gasteiger charge is -2.37. The predicted molar refractivity (Wildman–Crippen MR) is 81.5 cm³/mol. The van der Waals surface area contributed by atoms with Crippen molar-refractivity contribution in [3.05, 3.63) is 24.4 Å². The molecule has 1 saturated carbocycles. The molecule has 0 bridgehead atoms. The van der Waals surface area contributed by atoms with E-state index in [1.165, 1.54) is 0 Å². The lowest BCUT2D eigenvalue weighted by Crippen LogP contribution is -2.52. The molecule has 6 heteroatoms. The van der Waals surface area contributed by atoms with Crippen LogP contribution in [-0.2, 0) is 4.79 Å². The summed E-state index contributed by atoms with van der Waals surface area (Å²) in [6.45, 7) is 3.02. The van der Waals surface area contributed by atoms with E-state index < -0.39 is 5.41 Å². The summed E-state index contributed by atoms with van der Waals surface area (Å²) in [6, 6.07) is 5.88. The molecule has 0 spiro atoms. The number of thiocarbonyl (C=S) groups is 1. The maximum atomic E-state index is 12.5. The number of rotatable bonds is 3. The maximum absolute atomic E-state index is 12.5. The third-order valence-electron chi connectivity index (χ3n) is 4.17. The Hall–Kier alpha value is -1.69. The molecule has 1 aliphatic carbocycles. The van der Waals surface area contributed by atoms with Crippen molar-refractivity contribution in [1.29, 1.82) is 0 Å². The summed E-state index contributed by atoms with van der Waals surface area (Å²) in [7, 11) is 0. The normalized spacial score (nSPS) is 20.6. The van der Waals surface area contributed by atoms with Crippen molar-refractivity contribution >= 4 is 28.9 Å². The molecule has 2 N–H and O–H groups in total. The number of pyridine rings is 1. The topological polar surface area (TPSA) is 62.5 Å². The molecule has 1 saturated heterocycles. The van der Waals surface area contributed by atoms with Crippen LogP contribution in [0, 0.1) is 5.41 Å². The molecule has 1 aliphatic heterocycles. The van der Waals surface area contributed by atoms with E-state index in [0.717, 1.165) is 31.7 Å². The first-order valence-electron chi connectivity index (χ1n) is 6.89. The van der Waals surface area contributed by atoms with E-state index in [2.05, 4.69) is 9.88 Å². The van der Waals surface area contributed by atoms with Gasteiger partial charge in [0.25, 0.3) is 0 Å². The minimum absolute atomic E-state index is 0.116. The van der Waals surface area contributed by atoms with Gasteiger partial charge >= 0.3 is 0 Å². The van der Waals surface area contributed by atoms with Crippen molar-refractivity contribution in [3.63, 3.8) is 0 Å². The largest absolute Gasteiger partial charge is 0.392 e. The summed E-state index contributed by atoms with van der Waals surface area (Å²) in [5, 5.41) is 0. The fraction of sp³-hybridized carbons (Fsp3) is 0.500. The van der Waals surface area contributed by atoms with Crippen molar-refractivity contribution in [2.75, 3.05) is 31.1 Å². The highest BCUT2D eigenvalue weighted by atomic mass is 32.1. The van der Waals surface area contributed by atoms with Crippen molar-refractivity contribution in [1.82, 2.24) is 9.88 Å². The molecule has 3 rings (SSSR count). The van der Waals surface area contributed by atoms with Gasteiger partial charge in [0.05, 0.1) is 10.4 Å². The fourth-order valence-electron chi connectivity index (χ4n) is 2.67. The smallest absolute Gasteiger partial charge is 0.235 e. The van der Waals surface area contributed by atoms with Crippen LogP contribution in [-0.4, -0.2) is 47.0 Å². The van der Waals surface area contributed by atoms with Crippen molar-refractivity contribution in [3.8, 4) is 0 Å². The molecule has 2 aliphatic rings. The van der Waals surface area contributed by atoms with E-state index in [-0.39, 0.29) is 5.91 Å². The molecule has 1 aromatic heterocycles. The van der Waals surface area contributed by atoms with Gasteiger partial charge in [-0.1, -0.05) is 18.3 Å². The third-order valence-corrected chi connectivity index (χ3v) is 4.56. The van der Waals surface area contributed by atoms with Gasteiger partial charge in [0.1, 0.15) is 5.82 Å². The Bertz CT molecular complexity index is 521. The molecule has 0 aromatic carbocycles. The number of aromatic nitrogens is 1. The highest BCUT2D eigenvalue weighted by Gasteiger charge is 2.54. The molecule has 2 fully saturated rings. The Kier molecular flexibility index (Phi) is 3.33. The van der Waals surface area contributed by atoms with E-state index in [1.807, 2.05) is 23.1 Å². The summed E-state index contributed by atoms with van der Waals surface area (Å²) in [5.41, 5.74) is 5.20. The number of amides is 1. The Morgan fingerprint density at radius 3 is 2.45 bits per heavy atom. The number of hydrogen-bond donors (Lipinski definition) is 1. The van der Waals surface area contributed by atoms with Crippen LogP contribution in [0.15, 0.2) is 24.4 Å². The van der Waals surface area contributed by atoms with Crippen molar-refractivity contribution in [2.24, 2.45) is 11.1 Å². The zero-order chi connectivity index (χ0) is 14.2. The lowest BCUT2D eigenvalue weighted by molar-refractivity contribution is -0.134. The number of piperazine rings is 1. The van der Waals surface area contributed by atoms with E-state index >= 15 is 0 Å². The van der Waals surface area contributed by atoms with Gasteiger partial charge in [0, 0.05) is 32.4 Å². The molecule has 106 valence electrons. The number of nitrogens with two attached hydrogens (primary N) is 1. The average Bonchev–Trinajstić information content (AvgIpc) is 3.29. The number of hydrogen-bond acceptors (Lipinski definition) is 4. The first-order chi connectivity index (χ1) is 9.63. The first-order valence-corrected chi connectivity index (χ1v) is 7.29. The van der Waals surface area contributed by atoms with Gasteiger partial charge in [-0.05, 0) is 25.0 Å². The summed E-state index contributed by atoms with van der Waals surface area (Å²) in [4.78, 5) is 21.3. The van der Waals surface area contributed by atoms with Crippen LogP contribution in [0.2, 0.25) is 0 Å². The molecular weight excluding hydrogens is 272 g/mol. The summed E-state index contributed by atoms with van der Waals surface area (Å²) in [6.07, 6.45) is 3.40. The van der Waals surface area contributed by atoms with Crippen molar-refractivity contribution in [2.45, 2.75) is 12.8 Å². The van der Waals surface area contributed by atoms with Gasteiger partial charge < -0.3 is 15.5 Å². The second-order valence-electron chi connectivity index (χ2n) is 5.41. The Balaban J connectivity index is 1.62. The molecule has 0 atom stereocenters. The maximum Gasteiger partial charge on any atom is 0.235 e. The number of carbonyl (C=O) groups is 1. The summed E-state index contributed by atoms with van der Waals surface area (Å²) in [5.74, 6) is 1.08. The second kappa shape index (κ2) is 5.01. The molecule has 20 heavy (non-hydrogen) atoms. The lowest BCUT2D eigenvalue weighted by atomic mass is 10.1. The van der Waals surface area contributed by atoms with Crippen LogP contribution < -0.4 is 10.6 Å². The van der Waals surface area contributed by atoms with Crippen LogP contribution in [0.25, 0.3) is 0 Å². The second-order valence-corrected chi connectivity index (χ2v) is 5.85. The minimum Gasteiger partial charge on any atom is -0.392 e. The molecule has 5 nitrogen and oxygen atoms in total. The molecule has 1 aromatic rings. The monoisotopic (exact) mass is 290 g/mol. The Labute approximate surface area is 123 Å². The van der Waals surface area contributed by atoms with Gasteiger partial charge in [-0.15, -0.1) is 0 Å². The summed E-state index contributed by atoms with van der Waals surface area (Å²) >= 11 is 5.05. The van der Waals surface area contributed by atoms with Gasteiger partial charge in [-0.3, -0.25) is 4.79 Å². The quantitative estimate of drug-likeness (QED) is 0.834. The molecule has 0 radical (unpaired) electrons. The molecular formula is C14H18N4OS. The highest BCUT2D eigenvalue weighted by molar-refractivity contribution is 7.80. The van der Waals surface area contributed by atoms with Crippen LogP contribution >= 0.6 is 12.2 Å². The Morgan fingerprint density at radius 1 is 1.25 bits per heavy atom. The predicted octanol–water partition coefficient (Wildman–Crippen LogP) is 0.796. The van der Waals surface area contributed by atoms with Gasteiger partial charge in [-0.2, -0.15) is 0 Å². The van der Waals surface area contributed by atoms with E-state index in [4.69, 9.17) is 18.0 Å².